The predicted octanol–water partition coefficient (Wildman–Crippen LogP) is 2.39. The van der Waals surface area contributed by atoms with Crippen molar-refractivity contribution in [2.24, 2.45) is 0 Å². The molecule has 2 heterocycles. The molecule has 0 unspecified atom stereocenters. The molecule has 1 saturated heterocycles. The Balaban J connectivity index is 1.46. The van der Waals surface area contributed by atoms with Crippen LogP contribution in [0, 0.1) is 5.82 Å². The van der Waals surface area contributed by atoms with E-state index in [0.717, 1.165) is 5.56 Å². The number of piperazine rings is 1. The van der Waals surface area contributed by atoms with E-state index >= 15 is 0 Å². The Morgan fingerprint density at radius 3 is 2.31 bits per heavy atom. The molecule has 1 amide bonds. The molecule has 29 heavy (non-hydrogen) atoms. The van der Waals surface area contributed by atoms with E-state index in [0.29, 0.717) is 38.4 Å². The SMILES string of the molecule is O=C(c1ccc(=O)n(Cc2ccccc2)n1)N1CCN(c2ccccc2F)CC1. The first-order valence-electron chi connectivity index (χ1n) is 9.53. The molecule has 0 atom stereocenters. The second kappa shape index (κ2) is 8.26. The fraction of sp³-hybridized carbons (Fsp3) is 0.227. The Labute approximate surface area is 167 Å². The molecular formula is C22H21FN4O2. The van der Waals surface area contributed by atoms with Gasteiger partial charge in [-0.3, -0.25) is 9.59 Å². The molecule has 6 nitrogen and oxygen atoms in total. The van der Waals surface area contributed by atoms with Crippen molar-refractivity contribution >= 4 is 11.6 Å². The van der Waals surface area contributed by atoms with Crippen LogP contribution in [0.25, 0.3) is 0 Å². The van der Waals surface area contributed by atoms with Crippen LogP contribution >= 0.6 is 0 Å². The summed E-state index contributed by atoms with van der Waals surface area (Å²) in [6, 6.07) is 19.0. The molecule has 7 heteroatoms. The van der Waals surface area contributed by atoms with Crippen LogP contribution in [0.4, 0.5) is 10.1 Å². The van der Waals surface area contributed by atoms with E-state index in [-0.39, 0.29) is 23.0 Å². The van der Waals surface area contributed by atoms with Gasteiger partial charge in [0.2, 0.25) is 0 Å². The summed E-state index contributed by atoms with van der Waals surface area (Å²) in [5.41, 5.74) is 1.47. The van der Waals surface area contributed by atoms with E-state index in [2.05, 4.69) is 5.10 Å². The third-order valence-electron chi connectivity index (χ3n) is 5.02. The van der Waals surface area contributed by atoms with Gasteiger partial charge in [0.25, 0.3) is 11.5 Å². The summed E-state index contributed by atoms with van der Waals surface area (Å²) in [7, 11) is 0. The van der Waals surface area contributed by atoms with Crippen LogP contribution in [0.3, 0.4) is 0 Å². The summed E-state index contributed by atoms with van der Waals surface area (Å²) >= 11 is 0. The summed E-state index contributed by atoms with van der Waals surface area (Å²) in [5.74, 6) is -0.484. The molecule has 4 rings (SSSR count). The van der Waals surface area contributed by atoms with Crippen molar-refractivity contribution in [3.63, 3.8) is 0 Å². The molecule has 148 valence electrons. The van der Waals surface area contributed by atoms with E-state index in [1.54, 1.807) is 23.1 Å². The molecule has 3 aromatic rings. The molecule has 0 bridgehead atoms. The number of para-hydroxylation sites is 1. The van der Waals surface area contributed by atoms with Crippen LogP contribution < -0.4 is 10.5 Å². The second-order valence-corrected chi connectivity index (χ2v) is 6.93. The van der Waals surface area contributed by atoms with Gasteiger partial charge in [-0.15, -0.1) is 0 Å². The van der Waals surface area contributed by atoms with Gasteiger partial charge >= 0.3 is 0 Å². The van der Waals surface area contributed by atoms with Gasteiger partial charge in [-0.25, -0.2) is 9.07 Å². The maximum absolute atomic E-state index is 14.0. The lowest BCUT2D eigenvalue weighted by Crippen LogP contribution is -2.49. The first-order valence-corrected chi connectivity index (χ1v) is 9.53. The highest BCUT2D eigenvalue weighted by Crippen LogP contribution is 2.20. The topological polar surface area (TPSA) is 58.4 Å². The van der Waals surface area contributed by atoms with Crippen LogP contribution in [0.2, 0.25) is 0 Å². The van der Waals surface area contributed by atoms with E-state index in [9.17, 15) is 14.0 Å². The van der Waals surface area contributed by atoms with E-state index in [1.165, 1.54) is 22.9 Å². The molecule has 0 spiro atoms. The summed E-state index contributed by atoms with van der Waals surface area (Å²) in [4.78, 5) is 28.6. The predicted molar refractivity (Wildman–Crippen MR) is 109 cm³/mol. The average Bonchev–Trinajstić information content (AvgIpc) is 2.76. The Kier molecular flexibility index (Phi) is 5.37. The number of hydrogen-bond donors (Lipinski definition) is 0. The first-order chi connectivity index (χ1) is 14.1. The maximum atomic E-state index is 14.0. The van der Waals surface area contributed by atoms with Gasteiger partial charge in [0.1, 0.15) is 11.5 Å². The lowest BCUT2D eigenvalue weighted by atomic mass is 10.2. The van der Waals surface area contributed by atoms with Gasteiger partial charge in [0.15, 0.2) is 0 Å². The minimum atomic E-state index is -0.262. The number of hydrogen-bond acceptors (Lipinski definition) is 4. The van der Waals surface area contributed by atoms with Gasteiger partial charge in [0, 0.05) is 32.2 Å². The van der Waals surface area contributed by atoms with Gasteiger partial charge in [-0.1, -0.05) is 42.5 Å². The molecule has 0 radical (unpaired) electrons. The summed E-state index contributed by atoms with van der Waals surface area (Å²) in [6.45, 7) is 2.31. The highest BCUT2D eigenvalue weighted by atomic mass is 19.1. The van der Waals surface area contributed by atoms with Crippen molar-refractivity contribution in [2.75, 3.05) is 31.1 Å². The van der Waals surface area contributed by atoms with Crippen molar-refractivity contribution in [3.8, 4) is 0 Å². The fourth-order valence-corrected chi connectivity index (χ4v) is 3.45. The smallest absolute Gasteiger partial charge is 0.274 e. The average molecular weight is 392 g/mol. The van der Waals surface area contributed by atoms with Crippen molar-refractivity contribution in [2.45, 2.75) is 6.54 Å². The van der Waals surface area contributed by atoms with Crippen LogP contribution in [0.15, 0.2) is 71.5 Å². The number of rotatable bonds is 4. The van der Waals surface area contributed by atoms with E-state index in [4.69, 9.17) is 0 Å². The van der Waals surface area contributed by atoms with E-state index < -0.39 is 0 Å². The summed E-state index contributed by atoms with van der Waals surface area (Å²) in [6.07, 6.45) is 0. The normalized spacial score (nSPS) is 14.1. The van der Waals surface area contributed by atoms with Crippen LogP contribution in [-0.4, -0.2) is 46.8 Å². The Bertz CT molecular complexity index is 1060. The van der Waals surface area contributed by atoms with Crippen molar-refractivity contribution in [1.29, 1.82) is 0 Å². The number of carbonyl (C=O) groups excluding carboxylic acids is 1. The highest BCUT2D eigenvalue weighted by molar-refractivity contribution is 5.92. The zero-order valence-electron chi connectivity index (χ0n) is 15.9. The van der Waals surface area contributed by atoms with Crippen LogP contribution in [0.1, 0.15) is 16.1 Å². The Morgan fingerprint density at radius 1 is 0.897 bits per heavy atom. The lowest BCUT2D eigenvalue weighted by molar-refractivity contribution is 0.0738. The van der Waals surface area contributed by atoms with Gasteiger partial charge in [0.05, 0.1) is 12.2 Å². The van der Waals surface area contributed by atoms with Crippen molar-refractivity contribution < 1.29 is 9.18 Å². The maximum Gasteiger partial charge on any atom is 0.274 e. The molecule has 1 aliphatic heterocycles. The standard InChI is InChI=1S/C22H21FN4O2/c23-18-8-4-5-9-20(18)25-12-14-26(15-13-25)22(29)19-10-11-21(28)27(24-19)16-17-6-2-1-3-7-17/h1-11H,12-16H2. The minimum absolute atomic E-state index is 0.222. The van der Waals surface area contributed by atoms with E-state index in [1.807, 2.05) is 35.2 Å². The Hall–Kier alpha value is -3.48. The largest absolute Gasteiger partial charge is 0.366 e. The quantitative estimate of drug-likeness (QED) is 0.684. The molecule has 0 saturated carbocycles. The monoisotopic (exact) mass is 392 g/mol. The third kappa shape index (κ3) is 4.18. The fourth-order valence-electron chi connectivity index (χ4n) is 3.45. The lowest BCUT2D eigenvalue weighted by Gasteiger charge is -2.36. The number of halogens is 1. The number of anilines is 1. The van der Waals surface area contributed by atoms with Crippen molar-refractivity contribution in [1.82, 2.24) is 14.7 Å². The highest BCUT2D eigenvalue weighted by Gasteiger charge is 2.24. The third-order valence-corrected chi connectivity index (χ3v) is 5.02. The number of benzene rings is 2. The molecule has 0 N–H and O–H groups in total. The van der Waals surface area contributed by atoms with Crippen LogP contribution in [-0.2, 0) is 6.54 Å². The van der Waals surface area contributed by atoms with Gasteiger partial charge < -0.3 is 9.80 Å². The molecule has 1 aromatic heterocycles. The number of nitrogens with zero attached hydrogens (tertiary/aromatic N) is 4. The second-order valence-electron chi connectivity index (χ2n) is 6.93. The van der Waals surface area contributed by atoms with Gasteiger partial charge in [-0.2, -0.15) is 5.10 Å². The van der Waals surface area contributed by atoms with Crippen molar-refractivity contribution in [3.05, 3.63) is 94.2 Å². The van der Waals surface area contributed by atoms with Gasteiger partial charge in [-0.05, 0) is 23.8 Å². The first kappa shape index (κ1) is 18.9. The molecule has 2 aromatic carbocycles. The summed E-state index contributed by atoms with van der Waals surface area (Å²) < 4.78 is 15.3. The van der Waals surface area contributed by atoms with Crippen LogP contribution in [0.5, 0.6) is 0 Å². The molecule has 1 aliphatic rings. The molecular weight excluding hydrogens is 371 g/mol. The zero-order chi connectivity index (χ0) is 20.2. The summed E-state index contributed by atoms with van der Waals surface area (Å²) in [5, 5.41) is 4.27. The number of amides is 1. The number of aromatic nitrogens is 2. The minimum Gasteiger partial charge on any atom is -0.366 e. The number of carbonyl (C=O) groups is 1. The Morgan fingerprint density at radius 2 is 1.59 bits per heavy atom. The zero-order valence-corrected chi connectivity index (χ0v) is 15.9. The molecule has 1 fully saturated rings. The molecule has 0 aliphatic carbocycles.